The maximum atomic E-state index is 12.0. The summed E-state index contributed by atoms with van der Waals surface area (Å²) in [6, 6.07) is 7.74. The number of aryl methyl sites for hydroxylation is 1. The van der Waals surface area contributed by atoms with E-state index in [1.165, 1.54) is 0 Å². The van der Waals surface area contributed by atoms with E-state index >= 15 is 0 Å². The lowest BCUT2D eigenvalue weighted by Gasteiger charge is -2.08. The first kappa shape index (κ1) is 13.3. The molecule has 2 aromatic rings. The molecule has 19 heavy (non-hydrogen) atoms. The minimum Gasteiger partial charge on any atom is -0.493 e. The van der Waals surface area contributed by atoms with Gasteiger partial charge in [-0.1, -0.05) is 44.5 Å². The number of aromatic nitrogens is 2. The van der Waals surface area contributed by atoms with E-state index in [0.717, 1.165) is 24.0 Å². The Morgan fingerprint density at radius 3 is 2.63 bits per heavy atom. The van der Waals surface area contributed by atoms with Crippen LogP contribution in [-0.4, -0.2) is 15.1 Å². The van der Waals surface area contributed by atoms with Crippen molar-refractivity contribution < 1.29 is 5.11 Å². The Labute approximate surface area is 112 Å². The molecule has 1 aromatic carbocycles. The summed E-state index contributed by atoms with van der Waals surface area (Å²) in [5.41, 5.74) is 2.06. The molecule has 0 spiro atoms. The largest absolute Gasteiger partial charge is 0.493 e. The summed E-state index contributed by atoms with van der Waals surface area (Å²) < 4.78 is 0. The Kier molecular flexibility index (Phi) is 4.00. The molecular weight excluding hydrogens is 240 g/mol. The Hall–Kier alpha value is -2.10. The maximum absolute atomic E-state index is 12.0. The van der Waals surface area contributed by atoms with Crippen molar-refractivity contribution >= 4 is 0 Å². The van der Waals surface area contributed by atoms with Crippen molar-refractivity contribution in [2.45, 2.75) is 33.1 Å². The van der Waals surface area contributed by atoms with Gasteiger partial charge in [0.1, 0.15) is 5.82 Å². The second kappa shape index (κ2) is 5.69. The van der Waals surface area contributed by atoms with Gasteiger partial charge < -0.3 is 10.1 Å². The molecule has 0 aliphatic carbocycles. The minimum atomic E-state index is -0.254. The first-order valence-electron chi connectivity index (χ1n) is 6.57. The van der Waals surface area contributed by atoms with Gasteiger partial charge in [-0.15, -0.1) is 0 Å². The summed E-state index contributed by atoms with van der Waals surface area (Å²) in [6.07, 6.45) is 2.17. The summed E-state index contributed by atoms with van der Waals surface area (Å²) >= 11 is 0. The number of nitrogens with zero attached hydrogens (tertiary/aromatic N) is 1. The fraction of sp³-hybridized carbons (Fsp3) is 0.333. The second-order valence-corrected chi connectivity index (χ2v) is 4.48. The number of rotatable bonds is 4. The van der Waals surface area contributed by atoms with E-state index in [4.69, 9.17) is 0 Å². The summed E-state index contributed by atoms with van der Waals surface area (Å²) in [6.45, 7) is 4.00. The van der Waals surface area contributed by atoms with Crippen LogP contribution in [0.25, 0.3) is 11.4 Å². The lowest BCUT2D eigenvalue weighted by Crippen LogP contribution is -2.15. The van der Waals surface area contributed by atoms with Crippen LogP contribution in [0, 0.1) is 0 Å². The van der Waals surface area contributed by atoms with E-state index in [0.29, 0.717) is 17.8 Å². The Morgan fingerprint density at radius 1 is 1.26 bits per heavy atom. The lowest BCUT2D eigenvalue weighted by molar-refractivity contribution is 0.443. The predicted molar refractivity (Wildman–Crippen MR) is 75.3 cm³/mol. The van der Waals surface area contributed by atoms with Gasteiger partial charge in [0.05, 0.1) is 5.56 Å². The molecule has 0 fully saturated rings. The van der Waals surface area contributed by atoms with E-state index in [1.807, 2.05) is 38.1 Å². The smallest absolute Gasteiger partial charge is 0.258 e. The fourth-order valence-corrected chi connectivity index (χ4v) is 2.15. The summed E-state index contributed by atoms with van der Waals surface area (Å²) in [7, 11) is 0. The predicted octanol–water partition coefficient (Wildman–Crippen LogP) is 2.66. The van der Waals surface area contributed by atoms with Crippen LogP contribution in [0.2, 0.25) is 0 Å². The lowest BCUT2D eigenvalue weighted by atomic mass is 10.0. The van der Waals surface area contributed by atoms with Gasteiger partial charge in [-0.3, -0.25) is 4.79 Å². The normalized spacial score (nSPS) is 10.6. The molecule has 1 heterocycles. The van der Waals surface area contributed by atoms with E-state index in [9.17, 15) is 9.90 Å². The average Bonchev–Trinajstić information content (AvgIpc) is 2.42. The van der Waals surface area contributed by atoms with Gasteiger partial charge in [-0.2, -0.15) is 4.98 Å². The number of nitrogens with one attached hydrogen (secondary N) is 1. The van der Waals surface area contributed by atoms with Crippen LogP contribution in [0.15, 0.2) is 29.1 Å². The van der Waals surface area contributed by atoms with Crippen molar-refractivity contribution in [2.75, 3.05) is 0 Å². The quantitative estimate of drug-likeness (QED) is 0.886. The Balaban J connectivity index is 2.55. The van der Waals surface area contributed by atoms with Crippen LogP contribution in [0.1, 0.15) is 31.4 Å². The molecule has 0 atom stereocenters. The zero-order chi connectivity index (χ0) is 13.8. The molecule has 0 bridgehead atoms. The van der Waals surface area contributed by atoms with Gasteiger partial charge in [0.15, 0.2) is 0 Å². The molecule has 0 aliphatic rings. The number of H-pyrrole nitrogens is 1. The molecule has 100 valence electrons. The number of benzene rings is 1. The van der Waals surface area contributed by atoms with E-state index in [2.05, 4.69) is 9.97 Å². The molecule has 0 saturated carbocycles. The number of hydrogen-bond acceptors (Lipinski definition) is 3. The van der Waals surface area contributed by atoms with Crippen molar-refractivity contribution in [2.24, 2.45) is 0 Å². The van der Waals surface area contributed by atoms with Crippen molar-refractivity contribution in [3.05, 3.63) is 45.7 Å². The summed E-state index contributed by atoms with van der Waals surface area (Å²) in [5.74, 6) is 0.270. The molecular formula is C15H18N2O2. The van der Waals surface area contributed by atoms with E-state index in [1.54, 1.807) is 0 Å². The highest BCUT2D eigenvalue weighted by atomic mass is 16.3. The highest BCUT2D eigenvalue weighted by Crippen LogP contribution is 2.22. The van der Waals surface area contributed by atoms with Gasteiger partial charge >= 0.3 is 0 Å². The van der Waals surface area contributed by atoms with Crippen LogP contribution in [-0.2, 0) is 12.8 Å². The molecule has 2 N–H and O–H groups in total. The highest BCUT2D eigenvalue weighted by Gasteiger charge is 2.12. The van der Waals surface area contributed by atoms with Gasteiger partial charge in [0.25, 0.3) is 5.56 Å². The molecule has 0 amide bonds. The SMILES string of the molecule is CCCc1c(O)nc(-c2ccccc2CC)[nH]c1=O. The van der Waals surface area contributed by atoms with Crippen molar-refractivity contribution in [1.29, 1.82) is 0 Å². The topological polar surface area (TPSA) is 66.0 Å². The van der Waals surface area contributed by atoms with Gasteiger partial charge in [-0.25, -0.2) is 0 Å². The summed E-state index contributed by atoms with van der Waals surface area (Å²) in [5, 5.41) is 9.90. The monoisotopic (exact) mass is 258 g/mol. The van der Waals surface area contributed by atoms with Crippen LogP contribution < -0.4 is 5.56 Å². The van der Waals surface area contributed by atoms with Crippen molar-refractivity contribution in [3.63, 3.8) is 0 Å². The summed E-state index contributed by atoms with van der Waals surface area (Å²) in [4.78, 5) is 18.9. The molecule has 0 radical (unpaired) electrons. The van der Waals surface area contributed by atoms with Crippen molar-refractivity contribution in [1.82, 2.24) is 9.97 Å². The van der Waals surface area contributed by atoms with Crippen LogP contribution in [0.5, 0.6) is 5.88 Å². The first-order valence-corrected chi connectivity index (χ1v) is 6.57. The minimum absolute atomic E-state index is 0.161. The molecule has 2 rings (SSSR count). The Morgan fingerprint density at radius 2 is 2.00 bits per heavy atom. The van der Waals surface area contributed by atoms with Gasteiger partial charge in [0, 0.05) is 5.56 Å². The molecule has 1 aromatic heterocycles. The molecule has 0 saturated heterocycles. The zero-order valence-electron chi connectivity index (χ0n) is 11.2. The number of aromatic amines is 1. The maximum Gasteiger partial charge on any atom is 0.258 e. The average molecular weight is 258 g/mol. The van der Waals surface area contributed by atoms with Gasteiger partial charge in [-0.05, 0) is 18.4 Å². The molecule has 0 unspecified atom stereocenters. The number of hydrogen-bond donors (Lipinski definition) is 2. The highest BCUT2D eigenvalue weighted by molar-refractivity contribution is 5.60. The Bertz CT molecular complexity index is 632. The number of aromatic hydroxyl groups is 1. The van der Waals surface area contributed by atoms with Crippen LogP contribution >= 0.6 is 0 Å². The standard InChI is InChI=1S/C15H18N2O2/c1-3-7-12-14(18)16-13(17-15(12)19)11-9-6-5-8-10(11)4-2/h5-6,8-9H,3-4,7H2,1-2H3,(H2,16,17,18,19). The third-order valence-corrected chi connectivity index (χ3v) is 3.15. The molecule has 0 aliphatic heterocycles. The first-order chi connectivity index (χ1) is 9.17. The molecule has 4 heteroatoms. The third-order valence-electron chi connectivity index (χ3n) is 3.15. The van der Waals surface area contributed by atoms with E-state index < -0.39 is 0 Å². The van der Waals surface area contributed by atoms with Crippen molar-refractivity contribution in [3.8, 4) is 17.3 Å². The fourth-order valence-electron chi connectivity index (χ4n) is 2.15. The van der Waals surface area contributed by atoms with E-state index in [-0.39, 0.29) is 11.4 Å². The molecule has 4 nitrogen and oxygen atoms in total. The van der Waals surface area contributed by atoms with Crippen LogP contribution in [0.3, 0.4) is 0 Å². The third kappa shape index (κ3) is 2.67. The van der Waals surface area contributed by atoms with Crippen LogP contribution in [0.4, 0.5) is 0 Å². The zero-order valence-corrected chi connectivity index (χ0v) is 11.2. The van der Waals surface area contributed by atoms with Gasteiger partial charge in [0.2, 0.25) is 5.88 Å². The second-order valence-electron chi connectivity index (χ2n) is 4.48.